The van der Waals surface area contributed by atoms with E-state index in [4.69, 9.17) is 4.74 Å². The first-order valence-electron chi connectivity index (χ1n) is 6.30. The lowest BCUT2D eigenvalue weighted by Gasteiger charge is -2.15. The van der Waals surface area contributed by atoms with Gasteiger partial charge in [-0.3, -0.25) is 0 Å². The highest BCUT2D eigenvalue weighted by Crippen LogP contribution is 2.26. The molecule has 0 saturated heterocycles. The number of para-hydroxylation sites is 1. The summed E-state index contributed by atoms with van der Waals surface area (Å²) in [6.45, 7) is 0.316. The average Bonchev–Trinajstić information content (AvgIpc) is 2.45. The van der Waals surface area contributed by atoms with E-state index in [9.17, 15) is 9.50 Å². The van der Waals surface area contributed by atoms with Crippen molar-refractivity contribution < 1.29 is 14.2 Å². The van der Waals surface area contributed by atoms with Crippen LogP contribution in [0.25, 0.3) is 0 Å². The van der Waals surface area contributed by atoms with Crippen molar-refractivity contribution in [1.29, 1.82) is 0 Å². The summed E-state index contributed by atoms with van der Waals surface area (Å²) in [6, 6.07) is 11.8. The van der Waals surface area contributed by atoms with Crippen molar-refractivity contribution in [1.82, 2.24) is 0 Å². The molecule has 21 heavy (non-hydrogen) atoms. The third-order valence-corrected chi connectivity index (χ3v) is 3.88. The summed E-state index contributed by atoms with van der Waals surface area (Å²) in [4.78, 5) is 0. The lowest BCUT2D eigenvalue weighted by Crippen LogP contribution is -2.26. The fourth-order valence-electron chi connectivity index (χ4n) is 1.67. The van der Waals surface area contributed by atoms with Crippen LogP contribution < -0.4 is 10.1 Å². The number of rotatable bonds is 6. The smallest absolute Gasteiger partial charge is 0.165 e. The average molecular weight is 419 g/mol. The second-order valence-corrected chi connectivity index (χ2v) is 6.17. The van der Waals surface area contributed by atoms with E-state index in [1.165, 1.54) is 12.1 Å². The van der Waals surface area contributed by atoms with Crippen LogP contribution in [0.2, 0.25) is 0 Å². The minimum absolute atomic E-state index is 0.0160. The Balaban J connectivity index is 1.82. The maximum absolute atomic E-state index is 13.3. The molecule has 0 bridgehead atoms. The maximum Gasteiger partial charge on any atom is 0.165 e. The number of halogens is 3. The van der Waals surface area contributed by atoms with E-state index in [0.29, 0.717) is 6.54 Å². The minimum Gasteiger partial charge on any atom is -0.488 e. The van der Waals surface area contributed by atoms with Crippen molar-refractivity contribution in [3.05, 3.63) is 57.2 Å². The molecule has 0 spiro atoms. The van der Waals surface area contributed by atoms with Gasteiger partial charge in [-0.05, 0) is 46.3 Å². The lowest BCUT2D eigenvalue weighted by atomic mass is 10.3. The van der Waals surface area contributed by atoms with Crippen molar-refractivity contribution in [2.24, 2.45) is 0 Å². The number of anilines is 1. The predicted molar refractivity (Wildman–Crippen MR) is 88.2 cm³/mol. The fourth-order valence-corrected chi connectivity index (χ4v) is 2.85. The van der Waals surface area contributed by atoms with Gasteiger partial charge in [0.25, 0.3) is 0 Å². The Kier molecular flexibility index (Phi) is 6.02. The molecule has 0 radical (unpaired) electrons. The van der Waals surface area contributed by atoms with Crippen LogP contribution >= 0.6 is 31.9 Å². The molecular formula is C15H14Br2FNO2. The van der Waals surface area contributed by atoms with Gasteiger partial charge >= 0.3 is 0 Å². The van der Waals surface area contributed by atoms with Crippen LogP contribution in [0.4, 0.5) is 10.1 Å². The van der Waals surface area contributed by atoms with E-state index in [1.807, 2.05) is 18.2 Å². The molecule has 2 rings (SSSR count). The Labute approximate surface area is 139 Å². The van der Waals surface area contributed by atoms with E-state index in [2.05, 4.69) is 37.2 Å². The van der Waals surface area contributed by atoms with Crippen molar-refractivity contribution in [2.75, 3.05) is 18.5 Å². The summed E-state index contributed by atoms with van der Waals surface area (Å²) in [6.07, 6.45) is -0.750. The van der Waals surface area contributed by atoms with Gasteiger partial charge < -0.3 is 15.2 Å². The maximum atomic E-state index is 13.3. The number of aliphatic hydroxyl groups is 1. The van der Waals surface area contributed by atoms with Gasteiger partial charge in [0.15, 0.2) is 11.6 Å². The zero-order valence-corrected chi connectivity index (χ0v) is 14.2. The highest BCUT2D eigenvalue weighted by atomic mass is 79.9. The normalized spacial score (nSPS) is 12.0. The molecule has 0 saturated carbocycles. The molecule has 2 aromatic carbocycles. The van der Waals surface area contributed by atoms with Crippen LogP contribution in [-0.2, 0) is 0 Å². The molecule has 0 aromatic heterocycles. The first-order chi connectivity index (χ1) is 10.1. The number of benzene rings is 2. The molecule has 2 aromatic rings. The van der Waals surface area contributed by atoms with Gasteiger partial charge in [-0.25, -0.2) is 4.39 Å². The van der Waals surface area contributed by atoms with Gasteiger partial charge in [-0.1, -0.05) is 28.1 Å². The number of hydrogen-bond acceptors (Lipinski definition) is 3. The standard InChI is InChI=1S/C15H14Br2FNO2/c16-10-5-6-14(12(17)7-10)19-8-11(20)9-21-15-4-2-1-3-13(15)18/h1-7,11,19-20H,8-9H2. The van der Waals surface area contributed by atoms with Gasteiger partial charge in [-0.2, -0.15) is 0 Å². The highest BCUT2D eigenvalue weighted by molar-refractivity contribution is 9.11. The zero-order chi connectivity index (χ0) is 15.2. The largest absolute Gasteiger partial charge is 0.488 e. The van der Waals surface area contributed by atoms with E-state index in [-0.39, 0.29) is 12.4 Å². The molecular weight excluding hydrogens is 405 g/mol. The molecule has 0 amide bonds. The molecule has 6 heteroatoms. The summed E-state index contributed by atoms with van der Waals surface area (Å²) in [7, 11) is 0. The molecule has 3 nitrogen and oxygen atoms in total. The van der Waals surface area contributed by atoms with Crippen LogP contribution in [0.3, 0.4) is 0 Å². The predicted octanol–water partition coefficient (Wildman–Crippen LogP) is 4.20. The monoisotopic (exact) mass is 417 g/mol. The molecule has 0 aliphatic heterocycles. The molecule has 1 unspecified atom stereocenters. The van der Waals surface area contributed by atoms with E-state index in [0.717, 1.165) is 14.6 Å². The van der Waals surface area contributed by atoms with E-state index < -0.39 is 11.9 Å². The molecule has 0 aliphatic rings. The minimum atomic E-state index is -0.750. The van der Waals surface area contributed by atoms with Gasteiger partial charge in [0.05, 0.1) is 0 Å². The van der Waals surface area contributed by atoms with Gasteiger partial charge in [0.2, 0.25) is 0 Å². The number of ether oxygens (including phenoxy) is 1. The van der Waals surface area contributed by atoms with Crippen molar-refractivity contribution in [3.8, 4) is 5.75 Å². The number of hydrogen-bond donors (Lipinski definition) is 2. The molecule has 1 atom stereocenters. The first-order valence-corrected chi connectivity index (χ1v) is 7.89. The van der Waals surface area contributed by atoms with Crippen LogP contribution in [0, 0.1) is 5.82 Å². The quantitative estimate of drug-likeness (QED) is 0.738. The fraction of sp³-hybridized carbons (Fsp3) is 0.200. The third kappa shape index (κ3) is 4.98. The Morgan fingerprint density at radius 3 is 2.67 bits per heavy atom. The van der Waals surface area contributed by atoms with Crippen LogP contribution in [-0.4, -0.2) is 24.4 Å². The first kappa shape index (κ1) is 16.3. The van der Waals surface area contributed by atoms with Gasteiger partial charge in [0, 0.05) is 21.2 Å². The Morgan fingerprint density at radius 1 is 1.19 bits per heavy atom. The Hall–Kier alpha value is -1.11. The van der Waals surface area contributed by atoms with Crippen LogP contribution in [0.5, 0.6) is 5.75 Å². The van der Waals surface area contributed by atoms with Gasteiger partial charge in [-0.15, -0.1) is 0 Å². The van der Waals surface area contributed by atoms with Crippen molar-refractivity contribution in [2.45, 2.75) is 6.10 Å². The summed E-state index contributed by atoms with van der Waals surface area (Å²) in [5.41, 5.74) is 0.864. The molecule has 2 N–H and O–H groups in total. The van der Waals surface area contributed by atoms with Gasteiger partial charge in [0.1, 0.15) is 12.7 Å². The molecule has 0 aliphatic carbocycles. The highest BCUT2D eigenvalue weighted by Gasteiger charge is 2.09. The Morgan fingerprint density at radius 2 is 1.95 bits per heavy atom. The lowest BCUT2D eigenvalue weighted by molar-refractivity contribution is 0.115. The summed E-state index contributed by atoms with van der Waals surface area (Å²) in [5, 5.41) is 13.0. The number of aliphatic hydroxyl groups excluding tert-OH is 1. The van der Waals surface area contributed by atoms with E-state index in [1.54, 1.807) is 12.1 Å². The SMILES string of the molecule is OC(CNc1ccc(Br)cc1Br)COc1ccccc1F. The molecule has 112 valence electrons. The molecule has 0 fully saturated rings. The number of nitrogens with one attached hydrogen (secondary N) is 1. The Bertz CT molecular complexity index is 610. The van der Waals surface area contributed by atoms with Crippen LogP contribution in [0.15, 0.2) is 51.4 Å². The molecule has 0 heterocycles. The van der Waals surface area contributed by atoms with Crippen molar-refractivity contribution in [3.63, 3.8) is 0 Å². The van der Waals surface area contributed by atoms with Crippen LogP contribution in [0.1, 0.15) is 0 Å². The summed E-state index contributed by atoms with van der Waals surface area (Å²) >= 11 is 6.80. The summed E-state index contributed by atoms with van der Waals surface area (Å²) in [5.74, 6) is -0.297. The summed E-state index contributed by atoms with van der Waals surface area (Å²) < 4.78 is 20.5. The second kappa shape index (κ2) is 7.77. The second-order valence-electron chi connectivity index (χ2n) is 4.40. The third-order valence-electron chi connectivity index (χ3n) is 2.73. The zero-order valence-electron chi connectivity index (χ0n) is 11.0. The van der Waals surface area contributed by atoms with E-state index >= 15 is 0 Å². The van der Waals surface area contributed by atoms with Crippen molar-refractivity contribution >= 4 is 37.5 Å². The topological polar surface area (TPSA) is 41.5 Å².